The van der Waals surface area contributed by atoms with Gasteiger partial charge in [0.25, 0.3) is 6.43 Å². The van der Waals surface area contributed by atoms with Crippen LogP contribution in [0.3, 0.4) is 0 Å². The summed E-state index contributed by atoms with van der Waals surface area (Å²) in [7, 11) is 0. The van der Waals surface area contributed by atoms with Gasteiger partial charge in [-0.3, -0.25) is 4.79 Å². The molecular formula is C8H12ClF3O. The molecule has 5 heteroatoms. The largest absolute Gasteiger partial charge is 0.281 e. The van der Waals surface area contributed by atoms with Gasteiger partial charge < -0.3 is 0 Å². The van der Waals surface area contributed by atoms with Gasteiger partial charge in [0.2, 0.25) is 5.24 Å². The van der Waals surface area contributed by atoms with Gasteiger partial charge in [-0.2, -0.15) is 0 Å². The third-order valence-corrected chi connectivity index (χ3v) is 1.92. The van der Waals surface area contributed by atoms with Gasteiger partial charge in [0.15, 0.2) is 6.17 Å². The summed E-state index contributed by atoms with van der Waals surface area (Å²) in [6.07, 6.45) is -5.55. The Bertz CT molecular complexity index is 173. The van der Waals surface area contributed by atoms with E-state index in [1.165, 1.54) is 0 Å². The molecule has 0 aliphatic heterocycles. The van der Waals surface area contributed by atoms with Gasteiger partial charge in [-0.25, -0.2) is 13.2 Å². The highest BCUT2D eigenvalue weighted by Crippen LogP contribution is 2.24. The molecule has 0 saturated carbocycles. The molecule has 0 radical (unpaired) electrons. The lowest BCUT2D eigenvalue weighted by molar-refractivity contribution is -0.120. The topological polar surface area (TPSA) is 17.1 Å². The third-order valence-electron chi connectivity index (χ3n) is 1.64. The van der Waals surface area contributed by atoms with E-state index in [4.69, 9.17) is 11.6 Å². The molecule has 2 unspecified atom stereocenters. The first-order valence-corrected chi connectivity index (χ1v) is 4.35. The van der Waals surface area contributed by atoms with E-state index in [1.54, 1.807) is 13.8 Å². The summed E-state index contributed by atoms with van der Waals surface area (Å²) in [6.45, 7) is 3.43. The Morgan fingerprint density at radius 3 is 2.00 bits per heavy atom. The van der Waals surface area contributed by atoms with Crippen LogP contribution in [-0.4, -0.2) is 17.8 Å². The van der Waals surface area contributed by atoms with Crippen LogP contribution in [0.5, 0.6) is 0 Å². The third kappa shape index (κ3) is 4.50. The molecule has 0 aliphatic carbocycles. The molecule has 0 aromatic rings. The highest BCUT2D eigenvalue weighted by atomic mass is 35.5. The quantitative estimate of drug-likeness (QED) is 0.646. The average Bonchev–Trinajstić information content (AvgIpc) is 1.97. The van der Waals surface area contributed by atoms with Gasteiger partial charge in [-0.05, 0) is 23.9 Å². The Morgan fingerprint density at radius 1 is 1.31 bits per heavy atom. The zero-order chi connectivity index (χ0) is 10.6. The summed E-state index contributed by atoms with van der Waals surface area (Å²) >= 11 is 5.01. The molecule has 0 amide bonds. The second-order valence-electron chi connectivity index (χ2n) is 3.32. The molecule has 0 spiro atoms. The Hall–Kier alpha value is -0.250. The van der Waals surface area contributed by atoms with Gasteiger partial charge in [-0.15, -0.1) is 0 Å². The van der Waals surface area contributed by atoms with Crippen molar-refractivity contribution < 1.29 is 18.0 Å². The van der Waals surface area contributed by atoms with Crippen molar-refractivity contribution in [3.8, 4) is 0 Å². The van der Waals surface area contributed by atoms with Gasteiger partial charge in [-0.1, -0.05) is 13.8 Å². The highest BCUT2D eigenvalue weighted by Gasteiger charge is 2.34. The lowest BCUT2D eigenvalue weighted by atomic mass is 9.94. The zero-order valence-electron chi connectivity index (χ0n) is 7.44. The number of carbonyl (C=O) groups is 1. The van der Waals surface area contributed by atoms with Crippen LogP contribution in [0, 0.1) is 11.8 Å². The van der Waals surface area contributed by atoms with Crippen molar-refractivity contribution >= 4 is 16.8 Å². The normalized spacial score (nSPS) is 16.3. The summed E-state index contributed by atoms with van der Waals surface area (Å²) in [5.41, 5.74) is 0. The molecule has 0 aromatic carbocycles. The molecule has 0 saturated heterocycles. The fourth-order valence-corrected chi connectivity index (χ4v) is 1.24. The van der Waals surface area contributed by atoms with Crippen molar-refractivity contribution in [1.82, 2.24) is 0 Å². The molecule has 0 rings (SSSR count). The molecular weight excluding hydrogens is 205 g/mol. The van der Waals surface area contributed by atoms with Crippen LogP contribution in [0.15, 0.2) is 0 Å². The van der Waals surface area contributed by atoms with E-state index in [2.05, 4.69) is 0 Å². The molecule has 2 atom stereocenters. The van der Waals surface area contributed by atoms with Gasteiger partial charge in [0.1, 0.15) is 0 Å². The first kappa shape index (κ1) is 12.8. The average molecular weight is 217 g/mol. The van der Waals surface area contributed by atoms with Crippen LogP contribution in [0.25, 0.3) is 0 Å². The number of hydrogen-bond acceptors (Lipinski definition) is 1. The maximum atomic E-state index is 12.7. The lowest BCUT2D eigenvalue weighted by Gasteiger charge is -2.18. The minimum Gasteiger partial charge on any atom is -0.281 e. The lowest BCUT2D eigenvalue weighted by Crippen LogP contribution is -2.29. The van der Waals surface area contributed by atoms with Crippen molar-refractivity contribution in [2.24, 2.45) is 11.8 Å². The van der Waals surface area contributed by atoms with Crippen LogP contribution in [0.1, 0.15) is 20.3 Å². The molecule has 0 aromatic heterocycles. The van der Waals surface area contributed by atoms with Crippen molar-refractivity contribution in [2.45, 2.75) is 32.9 Å². The SMILES string of the molecule is CC(C)CC(C(=O)Cl)C(F)C(F)F. The Morgan fingerprint density at radius 2 is 1.77 bits per heavy atom. The van der Waals surface area contributed by atoms with Crippen molar-refractivity contribution in [1.29, 1.82) is 0 Å². The smallest absolute Gasteiger partial charge is 0.270 e. The maximum absolute atomic E-state index is 12.7. The van der Waals surface area contributed by atoms with Crippen molar-refractivity contribution in [2.75, 3.05) is 0 Å². The Labute approximate surface area is 80.3 Å². The minimum absolute atomic E-state index is 0.0373. The number of halogens is 4. The summed E-state index contributed by atoms with van der Waals surface area (Å²) in [5, 5.41) is -1.03. The molecule has 78 valence electrons. The first-order chi connectivity index (χ1) is 5.86. The van der Waals surface area contributed by atoms with Crippen LogP contribution in [0.4, 0.5) is 13.2 Å². The van der Waals surface area contributed by atoms with E-state index >= 15 is 0 Å². The molecule has 0 fully saturated rings. The Kier molecular flexibility index (Phi) is 5.37. The van der Waals surface area contributed by atoms with E-state index < -0.39 is 23.8 Å². The number of rotatable bonds is 5. The fraction of sp³-hybridized carbons (Fsp3) is 0.875. The van der Waals surface area contributed by atoms with E-state index in [9.17, 15) is 18.0 Å². The van der Waals surface area contributed by atoms with E-state index in [-0.39, 0.29) is 12.3 Å². The Balaban J connectivity index is 4.33. The molecule has 1 nitrogen and oxygen atoms in total. The highest BCUT2D eigenvalue weighted by molar-refractivity contribution is 6.64. The van der Waals surface area contributed by atoms with Gasteiger partial charge >= 0.3 is 0 Å². The second-order valence-corrected chi connectivity index (χ2v) is 3.69. The van der Waals surface area contributed by atoms with Crippen LogP contribution >= 0.6 is 11.6 Å². The van der Waals surface area contributed by atoms with Gasteiger partial charge in [0.05, 0.1) is 5.92 Å². The van der Waals surface area contributed by atoms with E-state index in [1.807, 2.05) is 0 Å². The fourth-order valence-electron chi connectivity index (χ4n) is 1.03. The summed E-state index contributed by atoms with van der Waals surface area (Å²) in [6, 6.07) is 0. The molecule has 0 N–H and O–H groups in total. The number of hydrogen-bond donors (Lipinski definition) is 0. The molecule has 13 heavy (non-hydrogen) atoms. The van der Waals surface area contributed by atoms with Crippen molar-refractivity contribution in [3.63, 3.8) is 0 Å². The molecule has 0 aliphatic rings. The molecule has 0 bridgehead atoms. The van der Waals surface area contributed by atoms with Crippen LogP contribution in [-0.2, 0) is 4.79 Å². The second kappa shape index (κ2) is 5.47. The predicted molar refractivity (Wildman–Crippen MR) is 44.7 cm³/mol. The number of carbonyl (C=O) groups excluding carboxylic acids is 1. The van der Waals surface area contributed by atoms with E-state index in [0.29, 0.717) is 0 Å². The predicted octanol–water partition coefficient (Wildman–Crippen LogP) is 3.02. The van der Waals surface area contributed by atoms with Crippen LogP contribution < -0.4 is 0 Å². The monoisotopic (exact) mass is 216 g/mol. The summed E-state index contributed by atoms with van der Waals surface area (Å²) < 4.78 is 36.6. The maximum Gasteiger partial charge on any atom is 0.270 e. The molecule has 0 heterocycles. The zero-order valence-corrected chi connectivity index (χ0v) is 8.19. The van der Waals surface area contributed by atoms with E-state index in [0.717, 1.165) is 0 Å². The van der Waals surface area contributed by atoms with Crippen LogP contribution in [0.2, 0.25) is 0 Å². The van der Waals surface area contributed by atoms with Crippen molar-refractivity contribution in [3.05, 3.63) is 0 Å². The standard InChI is InChI=1S/C8H12ClF3O/c1-4(2)3-5(7(9)13)6(10)8(11)12/h4-6,8H,3H2,1-2H3. The first-order valence-electron chi connectivity index (χ1n) is 3.97. The summed E-state index contributed by atoms with van der Waals surface area (Å²) in [5.74, 6) is -1.42. The van der Waals surface area contributed by atoms with Gasteiger partial charge in [0, 0.05) is 0 Å². The minimum atomic E-state index is -3.15. The summed E-state index contributed by atoms with van der Waals surface area (Å²) in [4.78, 5) is 10.6. The number of alkyl halides is 3.